The molecule has 0 radical (unpaired) electrons. The van der Waals surface area contributed by atoms with Crippen molar-refractivity contribution in [1.82, 2.24) is 0 Å². The maximum atomic E-state index is 4.44. The van der Waals surface area contributed by atoms with Gasteiger partial charge in [0.15, 0.2) is 6.34 Å². The third-order valence-electron chi connectivity index (χ3n) is 4.92. The molecule has 0 fully saturated rings. The lowest BCUT2D eigenvalue weighted by Gasteiger charge is -2.27. The third kappa shape index (κ3) is 10.4. The Morgan fingerprint density at radius 3 is 1.96 bits per heavy atom. The van der Waals surface area contributed by atoms with E-state index >= 15 is 0 Å². The summed E-state index contributed by atoms with van der Waals surface area (Å²) in [4.78, 5) is 4.44. The molecule has 0 aromatic heterocycles. The molecule has 0 aliphatic carbocycles. The molecular weight excluding hydrogens is 395 g/mol. The summed E-state index contributed by atoms with van der Waals surface area (Å²) in [7, 11) is 0. The second kappa shape index (κ2) is 14.3. The smallest absolute Gasteiger partial charge is 0.186 e. The van der Waals surface area contributed by atoms with Gasteiger partial charge in [0, 0.05) is 22.6 Å². The monoisotopic (exact) mass is 431 g/mol. The first kappa shape index (κ1) is 21.0. The van der Waals surface area contributed by atoms with Crippen molar-refractivity contribution in [2.24, 2.45) is 4.99 Å². The Labute approximate surface area is 158 Å². The summed E-state index contributed by atoms with van der Waals surface area (Å²) in [6, 6.07) is 0. The highest BCUT2D eigenvalue weighted by Gasteiger charge is 2.27. The Bertz CT molecular complexity index is 370. The van der Waals surface area contributed by atoms with Gasteiger partial charge in [-0.3, -0.25) is 4.48 Å². The Hall–Kier alpha value is -0.0800. The molecule has 0 aromatic carbocycles. The number of quaternary nitrogens is 1. The van der Waals surface area contributed by atoms with Gasteiger partial charge in [-0.25, -0.2) is 4.99 Å². The molecule has 1 rings (SSSR count). The van der Waals surface area contributed by atoms with E-state index in [1.807, 2.05) is 0 Å². The molecule has 1 heterocycles. The van der Waals surface area contributed by atoms with Gasteiger partial charge < -0.3 is 0 Å². The minimum atomic E-state index is 0.949. The van der Waals surface area contributed by atoms with Crippen LogP contribution in [-0.2, 0) is 0 Å². The minimum Gasteiger partial charge on any atom is -0.270 e. The molecule has 0 saturated carbocycles. The van der Waals surface area contributed by atoms with Gasteiger partial charge in [0.25, 0.3) is 0 Å². The van der Waals surface area contributed by atoms with E-state index in [1.54, 1.807) is 0 Å². The lowest BCUT2D eigenvalue weighted by atomic mass is 10.1. The highest BCUT2D eigenvalue weighted by atomic mass is 127. The summed E-state index contributed by atoms with van der Waals surface area (Å²) in [5.41, 5.74) is 0. The molecule has 0 amide bonds. The summed E-state index contributed by atoms with van der Waals surface area (Å²) in [5.74, 6) is 3.24. The average molecular weight is 431 g/mol. The lowest BCUT2D eigenvalue weighted by Crippen LogP contribution is -2.46. The number of hydrogen-bond donors (Lipinski definition) is 0. The SMILES string of the molecule is CCCCCCCCCCCCCC[N+]1(CC#CI)C=NCC1. The van der Waals surface area contributed by atoms with E-state index in [4.69, 9.17) is 0 Å². The quantitative estimate of drug-likeness (QED) is 0.140. The molecule has 132 valence electrons. The van der Waals surface area contributed by atoms with Crippen LogP contribution in [-0.4, -0.2) is 37.0 Å². The fourth-order valence-electron chi connectivity index (χ4n) is 3.37. The second-order valence-electron chi connectivity index (χ2n) is 7.01. The van der Waals surface area contributed by atoms with Crippen LogP contribution in [0.1, 0.15) is 84.0 Å². The molecule has 0 saturated heterocycles. The standard InChI is InChI=1S/C20H36IN2/c1-2-3-4-5-6-7-8-9-10-11-12-13-17-23(18-14-15-21)19-16-22-20-23/h20H,2-13,16-19H2,1H3/q+1. The van der Waals surface area contributed by atoms with Crippen LogP contribution < -0.4 is 0 Å². The number of hydrogen-bond acceptors (Lipinski definition) is 1. The highest BCUT2D eigenvalue weighted by Crippen LogP contribution is 2.15. The van der Waals surface area contributed by atoms with Crippen LogP contribution >= 0.6 is 22.6 Å². The van der Waals surface area contributed by atoms with Gasteiger partial charge in [0.1, 0.15) is 13.1 Å². The summed E-state index contributed by atoms with van der Waals surface area (Å²) >= 11 is 2.14. The summed E-state index contributed by atoms with van der Waals surface area (Å²) in [6.45, 7) is 6.61. The van der Waals surface area contributed by atoms with Crippen LogP contribution in [0.4, 0.5) is 0 Å². The van der Waals surface area contributed by atoms with Gasteiger partial charge in [-0.15, -0.1) is 0 Å². The van der Waals surface area contributed by atoms with Crippen LogP contribution in [0.25, 0.3) is 0 Å². The van der Waals surface area contributed by atoms with E-state index in [2.05, 4.69) is 50.7 Å². The number of aliphatic imine (C=N–C) groups is 1. The molecule has 23 heavy (non-hydrogen) atoms. The Balaban J connectivity index is 1.92. The zero-order valence-corrected chi connectivity index (χ0v) is 17.3. The van der Waals surface area contributed by atoms with Crippen molar-refractivity contribution >= 4 is 28.9 Å². The fraction of sp³-hybridized carbons (Fsp3) is 0.850. The predicted molar refractivity (Wildman–Crippen MR) is 111 cm³/mol. The molecule has 1 aliphatic rings. The average Bonchev–Trinajstić information content (AvgIpc) is 3.03. The largest absolute Gasteiger partial charge is 0.270 e. The maximum Gasteiger partial charge on any atom is 0.186 e. The van der Waals surface area contributed by atoms with Crippen LogP contribution in [0, 0.1) is 9.85 Å². The third-order valence-corrected chi connectivity index (χ3v) is 5.30. The van der Waals surface area contributed by atoms with Crippen LogP contribution in [0.15, 0.2) is 4.99 Å². The molecule has 1 atom stereocenters. The van der Waals surface area contributed by atoms with Crippen molar-refractivity contribution in [1.29, 1.82) is 0 Å². The molecule has 0 bridgehead atoms. The van der Waals surface area contributed by atoms with E-state index < -0.39 is 0 Å². The summed E-state index contributed by atoms with van der Waals surface area (Å²) < 4.78 is 4.02. The van der Waals surface area contributed by atoms with Gasteiger partial charge in [-0.2, -0.15) is 0 Å². The van der Waals surface area contributed by atoms with Gasteiger partial charge in [-0.05, 0) is 22.7 Å². The molecule has 1 aliphatic heterocycles. The van der Waals surface area contributed by atoms with E-state index in [9.17, 15) is 0 Å². The van der Waals surface area contributed by atoms with Crippen LogP contribution in [0.5, 0.6) is 0 Å². The van der Waals surface area contributed by atoms with E-state index in [-0.39, 0.29) is 0 Å². The molecule has 0 spiro atoms. The van der Waals surface area contributed by atoms with Crippen LogP contribution in [0.3, 0.4) is 0 Å². The van der Waals surface area contributed by atoms with E-state index in [0.29, 0.717) is 0 Å². The van der Waals surface area contributed by atoms with Crippen LogP contribution in [0.2, 0.25) is 0 Å². The zero-order valence-electron chi connectivity index (χ0n) is 15.2. The summed E-state index contributed by atoms with van der Waals surface area (Å²) in [6.07, 6.45) is 19.2. The molecule has 0 aromatic rings. The Morgan fingerprint density at radius 1 is 0.913 bits per heavy atom. The first-order chi connectivity index (χ1) is 11.3. The number of nitrogens with zero attached hydrogens (tertiary/aromatic N) is 2. The van der Waals surface area contributed by atoms with Gasteiger partial charge in [-0.1, -0.05) is 71.1 Å². The molecule has 0 N–H and O–H groups in total. The molecule has 2 nitrogen and oxygen atoms in total. The van der Waals surface area contributed by atoms with Crippen molar-refractivity contribution in [3.8, 4) is 9.85 Å². The zero-order chi connectivity index (χ0) is 16.6. The first-order valence-corrected chi connectivity index (χ1v) is 10.9. The minimum absolute atomic E-state index is 0.949. The van der Waals surface area contributed by atoms with Crippen molar-refractivity contribution in [3.05, 3.63) is 0 Å². The lowest BCUT2D eigenvalue weighted by molar-refractivity contribution is -0.821. The van der Waals surface area contributed by atoms with Gasteiger partial charge in [0.2, 0.25) is 0 Å². The van der Waals surface area contributed by atoms with Crippen molar-refractivity contribution in [2.75, 3.05) is 26.2 Å². The van der Waals surface area contributed by atoms with Crippen molar-refractivity contribution in [2.45, 2.75) is 84.0 Å². The Morgan fingerprint density at radius 2 is 1.48 bits per heavy atom. The van der Waals surface area contributed by atoms with Crippen molar-refractivity contribution in [3.63, 3.8) is 0 Å². The summed E-state index contributed by atoms with van der Waals surface area (Å²) in [5, 5.41) is 0. The highest BCUT2D eigenvalue weighted by molar-refractivity contribution is 14.1. The molecule has 1 unspecified atom stereocenters. The van der Waals surface area contributed by atoms with Gasteiger partial charge in [0.05, 0.1) is 13.1 Å². The normalized spacial score (nSPS) is 19.7. The van der Waals surface area contributed by atoms with Gasteiger partial charge >= 0.3 is 0 Å². The number of unbranched alkanes of at least 4 members (excludes halogenated alkanes) is 11. The van der Waals surface area contributed by atoms with Crippen molar-refractivity contribution < 1.29 is 4.48 Å². The number of rotatable bonds is 14. The number of halogens is 1. The fourth-order valence-corrected chi connectivity index (χ4v) is 3.54. The predicted octanol–water partition coefficient (Wildman–Crippen LogP) is 5.94. The Kier molecular flexibility index (Phi) is 13.0. The first-order valence-electron chi connectivity index (χ1n) is 9.78. The maximum absolute atomic E-state index is 4.44. The second-order valence-corrected chi connectivity index (χ2v) is 7.55. The van der Waals surface area contributed by atoms with E-state index in [1.165, 1.54) is 83.6 Å². The molecular formula is C20H36IN2+. The topological polar surface area (TPSA) is 12.4 Å². The van der Waals surface area contributed by atoms with E-state index in [0.717, 1.165) is 24.1 Å². The molecule has 3 heteroatoms.